The van der Waals surface area contributed by atoms with Gasteiger partial charge in [-0.05, 0) is 60.5 Å². The first kappa shape index (κ1) is 19.5. The van der Waals surface area contributed by atoms with Crippen LogP contribution in [-0.2, 0) is 16.0 Å². The SMILES string of the molecule is N#Cc1cncc(N2C(=O)C(C(=O)/C=C/c3ccccn3)Cc3cc(Cl)ccc32)c1. The van der Waals surface area contributed by atoms with Gasteiger partial charge in [0.1, 0.15) is 12.0 Å². The Morgan fingerprint density at radius 2 is 2.10 bits per heavy atom. The summed E-state index contributed by atoms with van der Waals surface area (Å²) in [7, 11) is 0. The first-order valence-electron chi connectivity index (χ1n) is 9.17. The Labute approximate surface area is 178 Å². The Balaban J connectivity index is 1.73. The van der Waals surface area contributed by atoms with E-state index in [9.17, 15) is 14.9 Å². The first-order chi connectivity index (χ1) is 14.6. The second-order valence-corrected chi connectivity index (χ2v) is 7.17. The molecule has 3 aromatic rings. The largest absolute Gasteiger partial charge is 0.294 e. The number of allylic oxidation sites excluding steroid dienone is 1. The molecule has 0 fully saturated rings. The van der Waals surface area contributed by atoms with Gasteiger partial charge in [-0.1, -0.05) is 17.7 Å². The predicted molar refractivity (Wildman–Crippen MR) is 113 cm³/mol. The number of benzene rings is 1. The third kappa shape index (κ3) is 3.84. The van der Waals surface area contributed by atoms with Crippen LogP contribution < -0.4 is 4.90 Å². The van der Waals surface area contributed by atoms with Gasteiger partial charge in [0.05, 0.1) is 28.8 Å². The van der Waals surface area contributed by atoms with E-state index >= 15 is 0 Å². The molecule has 1 aliphatic heterocycles. The minimum atomic E-state index is -0.915. The zero-order chi connectivity index (χ0) is 21.1. The molecule has 6 nitrogen and oxygen atoms in total. The summed E-state index contributed by atoms with van der Waals surface area (Å²) >= 11 is 6.16. The van der Waals surface area contributed by atoms with E-state index in [-0.39, 0.29) is 18.1 Å². The van der Waals surface area contributed by atoms with Crippen LogP contribution in [0.2, 0.25) is 5.02 Å². The molecule has 1 aliphatic rings. The van der Waals surface area contributed by atoms with Crippen LogP contribution in [0.15, 0.2) is 67.1 Å². The van der Waals surface area contributed by atoms with Crippen LogP contribution in [0.1, 0.15) is 16.8 Å². The van der Waals surface area contributed by atoms with Crippen LogP contribution in [0.4, 0.5) is 11.4 Å². The fourth-order valence-corrected chi connectivity index (χ4v) is 3.57. The quantitative estimate of drug-likeness (QED) is 0.473. The Hall–Kier alpha value is -3.82. The zero-order valence-electron chi connectivity index (χ0n) is 15.7. The Morgan fingerprint density at radius 3 is 2.87 bits per heavy atom. The van der Waals surface area contributed by atoms with Gasteiger partial charge in [-0.25, -0.2) is 0 Å². The molecule has 1 unspecified atom stereocenters. The summed E-state index contributed by atoms with van der Waals surface area (Å²) in [5.41, 5.74) is 2.77. The van der Waals surface area contributed by atoms with Crippen LogP contribution in [-0.4, -0.2) is 21.7 Å². The van der Waals surface area contributed by atoms with E-state index < -0.39 is 5.92 Å². The molecule has 0 saturated heterocycles. The smallest absolute Gasteiger partial charge is 0.242 e. The summed E-state index contributed by atoms with van der Waals surface area (Å²) in [6, 6.07) is 14.1. The summed E-state index contributed by atoms with van der Waals surface area (Å²) in [5, 5.41) is 9.71. The maximum Gasteiger partial charge on any atom is 0.242 e. The molecule has 3 heterocycles. The van der Waals surface area contributed by atoms with Crippen molar-refractivity contribution in [2.75, 3.05) is 4.90 Å². The molecule has 0 N–H and O–H groups in total. The van der Waals surface area contributed by atoms with E-state index in [0.717, 1.165) is 5.56 Å². The van der Waals surface area contributed by atoms with Crippen LogP contribution in [0.5, 0.6) is 0 Å². The van der Waals surface area contributed by atoms with Crippen molar-refractivity contribution in [3.05, 3.63) is 89.0 Å². The molecule has 1 atom stereocenters. The van der Waals surface area contributed by atoms with Crippen molar-refractivity contribution in [2.45, 2.75) is 6.42 Å². The highest BCUT2D eigenvalue weighted by molar-refractivity contribution is 6.31. The molecule has 0 radical (unpaired) electrons. The highest BCUT2D eigenvalue weighted by atomic mass is 35.5. The average molecular weight is 415 g/mol. The van der Waals surface area contributed by atoms with Gasteiger partial charge in [-0.3, -0.25) is 24.5 Å². The number of pyridine rings is 2. The van der Waals surface area contributed by atoms with E-state index in [4.69, 9.17) is 11.6 Å². The van der Waals surface area contributed by atoms with Gasteiger partial charge in [-0.15, -0.1) is 0 Å². The molecule has 4 rings (SSSR count). The van der Waals surface area contributed by atoms with Gasteiger partial charge in [-0.2, -0.15) is 5.26 Å². The monoisotopic (exact) mass is 414 g/mol. The van der Waals surface area contributed by atoms with E-state index in [0.29, 0.717) is 27.7 Å². The van der Waals surface area contributed by atoms with Crippen molar-refractivity contribution in [1.82, 2.24) is 9.97 Å². The number of halogens is 1. The van der Waals surface area contributed by atoms with E-state index in [2.05, 4.69) is 9.97 Å². The fourth-order valence-electron chi connectivity index (χ4n) is 3.38. The van der Waals surface area contributed by atoms with E-state index in [1.807, 2.05) is 12.1 Å². The molecule has 0 spiro atoms. The number of nitriles is 1. The lowest BCUT2D eigenvalue weighted by atomic mass is 9.88. The fraction of sp³-hybridized carbons (Fsp3) is 0.0870. The lowest BCUT2D eigenvalue weighted by molar-refractivity contribution is -0.129. The van der Waals surface area contributed by atoms with Crippen molar-refractivity contribution in [2.24, 2.45) is 5.92 Å². The molecule has 2 aromatic heterocycles. The lowest BCUT2D eigenvalue weighted by Gasteiger charge is -2.33. The maximum atomic E-state index is 13.3. The van der Waals surface area contributed by atoms with Crippen LogP contribution >= 0.6 is 11.6 Å². The molecular formula is C23H15ClN4O2. The van der Waals surface area contributed by atoms with Crippen molar-refractivity contribution < 1.29 is 9.59 Å². The maximum absolute atomic E-state index is 13.3. The standard InChI is InChI=1S/C23H15ClN4O2/c24-17-4-6-21-16(10-17)11-20(22(29)7-5-18-3-1-2-8-27-18)23(30)28(21)19-9-15(12-25)13-26-14-19/h1-10,13-14,20H,11H2/b7-5+. The Bertz CT molecular complexity index is 1200. The number of hydrogen-bond acceptors (Lipinski definition) is 5. The Morgan fingerprint density at radius 1 is 1.23 bits per heavy atom. The highest BCUT2D eigenvalue weighted by Gasteiger charge is 2.37. The summed E-state index contributed by atoms with van der Waals surface area (Å²) in [6.07, 6.45) is 7.74. The number of anilines is 2. The number of amides is 1. The molecule has 146 valence electrons. The minimum absolute atomic E-state index is 0.238. The summed E-state index contributed by atoms with van der Waals surface area (Å²) in [5.74, 6) is -1.62. The topological polar surface area (TPSA) is 87.0 Å². The summed E-state index contributed by atoms with van der Waals surface area (Å²) in [6.45, 7) is 0. The molecule has 0 aliphatic carbocycles. The van der Waals surface area contributed by atoms with Gasteiger partial charge in [0, 0.05) is 17.4 Å². The number of nitrogens with zero attached hydrogens (tertiary/aromatic N) is 4. The third-order valence-electron chi connectivity index (χ3n) is 4.79. The molecule has 0 bridgehead atoms. The summed E-state index contributed by atoms with van der Waals surface area (Å²) in [4.78, 5) is 35.9. The first-order valence-corrected chi connectivity index (χ1v) is 9.55. The van der Waals surface area contributed by atoms with E-state index in [1.54, 1.807) is 48.7 Å². The highest BCUT2D eigenvalue weighted by Crippen LogP contribution is 2.38. The van der Waals surface area contributed by atoms with Crippen LogP contribution in [0.3, 0.4) is 0 Å². The number of carbonyl (C=O) groups is 2. The Kier molecular flexibility index (Phi) is 5.38. The van der Waals surface area contributed by atoms with Crippen molar-refractivity contribution in [3.8, 4) is 6.07 Å². The number of carbonyl (C=O) groups excluding carboxylic acids is 2. The molecule has 0 saturated carbocycles. The third-order valence-corrected chi connectivity index (χ3v) is 5.02. The predicted octanol–water partition coefficient (Wildman–Crippen LogP) is 4.12. The molecular weight excluding hydrogens is 400 g/mol. The van der Waals surface area contributed by atoms with Gasteiger partial charge in [0.25, 0.3) is 0 Å². The van der Waals surface area contributed by atoms with Crippen LogP contribution in [0.25, 0.3) is 6.08 Å². The second kappa shape index (κ2) is 8.27. The van der Waals surface area contributed by atoms with Crippen molar-refractivity contribution in [1.29, 1.82) is 5.26 Å². The average Bonchev–Trinajstić information content (AvgIpc) is 2.78. The molecule has 1 aromatic carbocycles. The molecule has 1 amide bonds. The number of hydrogen-bond donors (Lipinski definition) is 0. The zero-order valence-corrected chi connectivity index (χ0v) is 16.5. The van der Waals surface area contributed by atoms with Crippen molar-refractivity contribution >= 4 is 40.7 Å². The number of rotatable bonds is 4. The number of fused-ring (bicyclic) bond motifs is 1. The number of aromatic nitrogens is 2. The minimum Gasteiger partial charge on any atom is -0.294 e. The van der Waals surface area contributed by atoms with E-state index in [1.165, 1.54) is 23.4 Å². The van der Waals surface area contributed by atoms with Crippen molar-refractivity contribution in [3.63, 3.8) is 0 Å². The molecule has 30 heavy (non-hydrogen) atoms. The normalized spacial score (nSPS) is 15.7. The number of ketones is 1. The van der Waals surface area contributed by atoms with Crippen LogP contribution in [0, 0.1) is 17.2 Å². The van der Waals surface area contributed by atoms with Gasteiger partial charge in [0.2, 0.25) is 5.91 Å². The van der Waals surface area contributed by atoms with Gasteiger partial charge in [0.15, 0.2) is 5.78 Å². The summed E-state index contributed by atoms with van der Waals surface area (Å²) < 4.78 is 0. The molecule has 7 heteroatoms. The van der Waals surface area contributed by atoms with Gasteiger partial charge < -0.3 is 0 Å². The van der Waals surface area contributed by atoms with Gasteiger partial charge >= 0.3 is 0 Å². The lowest BCUT2D eigenvalue weighted by Crippen LogP contribution is -2.41. The second-order valence-electron chi connectivity index (χ2n) is 6.74.